The maximum absolute atomic E-state index is 10.9. The highest BCUT2D eigenvalue weighted by Gasteiger charge is 2.22. The number of fused-ring (bicyclic) bond motifs is 2. The fourth-order valence-corrected chi connectivity index (χ4v) is 2.36. The smallest absolute Gasteiger partial charge is 0.223 e. The molecule has 0 unspecified atom stereocenters. The molecule has 0 bridgehead atoms. The fraction of sp³-hybridized carbons (Fsp3) is 0.250. The van der Waals surface area contributed by atoms with E-state index in [1.807, 2.05) is 6.07 Å². The fourth-order valence-electron chi connectivity index (χ4n) is 2.36. The van der Waals surface area contributed by atoms with Gasteiger partial charge in [-0.15, -0.1) is 0 Å². The number of aromatic nitrogens is 2. The van der Waals surface area contributed by atoms with Crippen LogP contribution >= 0.6 is 0 Å². The molecule has 0 atom stereocenters. The van der Waals surface area contributed by atoms with Gasteiger partial charge in [-0.25, -0.2) is 0 Å². The lowest BCUT2D eigenvalue weighted by Gasteiger charge is -1.97. The van der Waals surface area contributed by atoms with E-state index in [0.717, 1.165) is 22.6 Å². The molecule has 2 aromatic rings. The maximum atomic E-state index is 10.9. The second kappa shape index (κ2) is 7.47. The van der Waals surface area contributed by atoms with Gasteiger partial charge < -0.3 is 24.4 Å². The summed E-state index contributed by atoms with van der Waals surface area (Å²) in [5, 5.41) is 18.5. The van der Waals surface area contributed by atoms with Crippen LogP contribution in [0.4, 0.5) is 0 Å². The number of rotatable bonds is 2. The number of hydrogen-bond donors (Lipinski definition) is 0. The Hall–Kier alpha value is -3.36. The van der Waals surface area contributed by atoms with Crippen molar-refractivity contribution in [3.8, 4) is 11.5 Å². The predicted octanol–water partition coefficient (Wildman–Crippen LogP) is 0.887. The van der Waals surface area contributed by atoms with E-state index < -0.39 is 0 Å². The van der Waals surface area contributed by atoms with Gasteiger partial charge in [0.25, 0.3) is 0 Å². The molecule has 9 nitrogen and oxygen atoms in total. The van der Waals surface area contributed by atoms with Crippen molar-refractivity contribution in [1.82, 2.24) is 4.98 Å². The third kappa shape index (κ3) is 3.60. The van der Waals surface area contributed by atoms with Crippen molar-refractivity contribution in [3.63, 3.8) is 0 Å². The van der Waals surface area contributed by atoms with Crippen molar-refractivity contribution in [3.05, 3.63) is 53.3 Å². The molecular formula is C16H16N4O5. The molecule has 0 saturated carbocycles. The molecular weight excluding hydrogens is 328 g/mol. The summed E-state index contributed by atoms with van der Waals surface area (Å²) in [6.45, 7) is 0.821. The average Bonchev–Trinajstić information content (AvgIpc) is 3.21. The first kappa shape index (κ1) is 16.5. The first-order valence-electron chi connectivity index (χ1n) is 7.36. The normalized spacial score (nSPS) is 17.0. The third-order valence-electron chi connectivity index (χ3n) is 3.44. The van der Waals surface area contributed by atoms with Crippen molar-refractivity contribution < 1.29 is 23.9 Å². The molecule has 0 fully saturated rings. The van der Waals surface area contributed by atoms with Crippen molar-refractivity contribution in [2.75, 3.05) is 27.4 Å². The first-order chi connectivity index (χ1) is 12.2. The molecule has 4 heterocycles. The monoisotopic (exact) mass is 344 g/mol. The van der Waals surface area contributed by atoms with Crippen molar-refractivity contribution >= 4 is 11.4 Å². The van der Waals surface area contributed by atoms with E-state index in [1.54, 1.807) is 18.5 Å². The lowest BCUT2D eigenvalue weighted by Crippen LogP contribution is -2.24. The summed E-state index contributed by atoms with van der Waals surface area (Å²) in [6.07, 6.45) is 6.15. The van der Waals surface area contributed by atoms with E-state index in [9.17, 15) is 5.21 Å². The number of hydrogen-bond acceptors (Lipinski definition) is 8. The molecule has 25 heavy (non-hydrogen) atoms. The Balaban J connectivity index is 0.000000146. The highest BCUT2D eigenvalue weighted by atomic mass is 16.6. The SMILES string of the molecule is CON=C1COc2c[n+]([O-])ccc21.CON=C1COc2cnccc21. The molecule has 0 spiro atoms. The van der Waals surface area contributed by atoms with Crippen molar-refractivity contribution in [1.29, 1.82) is 0 Å². The Labute approximate surface area is 143 Å². The van der Waals surface area contributed by atoms with E-state index in [4.69, 9.17) is 9.47 Å². The molecule has 2 aliphatic rings. The zero-order chi connectivity index (χ0) is 17.6. The molecule has 9 heteroatoms. The highest BCUT2D eigenvalue weighted by molar-refractivity contribution is 6.06. The van der Waals surface area contributed by atoms with Crippen LogP contribution in [0.25, 0.3) is 0 Å². The predicted molar refractivity (Wildman–Crippen MR) is 87.7 cm³/mol. The van der Waals surface area contributed by atoms with Crippen LogP contribution in [-0.2, 0) is 9.68 Å². The van der Waals surface area contributed by atoms with E-state index in [0.29, 0.717) is 29.4 Å². The third-order valence-corrected chi connectivity index (χ3v) is 3.44. The van der Waals surface area contributed by atoms with Gasteiger partial charge in [-0.1, -0.05) is 10.3 Å². The molecule has 0 aliphatic carbocycles. The topological polar surface area (TPSA) is 101 Å². The lowest BCUT2D eigenvalue weighted by atomic mass is 10.2. The summed E-state index contributed by atoms with van der Waals surface area (Å²) >= 11 is 0. The largest absolute Gasteiger partial charge is 0.619 e. The molecule has 0 N–H and O–H groups in total. The Bertz CT molecular complexity index is 822. The average molecular weight is 344 g/mol. The van der Waals surface area contributed by atoms with Crippen LogP contribution in [-0.4, -0.2) is 43.8 Å². The summed E-state index contributed by atoms with van der Waals surface area (Å²) in [4.78, 5) is 13.2. The van der Waals surface area contributed by atoms with Gasteiger partial charge in [-0.2, -0.15) is 4.73 Å². The van der Waals surface area contributed by atoms with E-state index >= 15 is 0 Å². The van der Waals surface area contributed by atoms with Gasteiger partial charge in [-0.05, 0) is 6.07 Å². The summed E-state index contributed by atoms with van der Waals surface area (Å²) in [6, 6.07) is 3.52. The number of ether oxygens (including phenoxy) is 2. The molecule has 0 aromatic carbocycles. The summed E-state index contributed by atoms with van der Waals surface area (Å²) in [5.41, 5.74) is 3.30. The standard InChI is InChI=1S/C8H8N2O3.C8H8N2O2/c1-12-9-7-5-13-8-4-10(11)3-2-6(7)8;1-11-10-7-5-12-8-4-9-3-2-6(7)8/h2-4H,5H2,1H3;2-4H,5H2,1H3. The zero-order valence-electron chi connectivity index (χ0n) is 13.7. The van der Waals surface area contributed by atoms with Crippen LogP contribution in [0.5, 0.6) is 11.5 Å². The Morgan fingerprint density at radius 2 is 1.68 bits per heavy atom. The van der Waals surface area contributed by atoms with E-state index in [-0.39, 0.29) is 0 Å². The Morgan fingerprint density at radius 1 is 1.04 bits per heavy atom. The first-order valence-corrected chi connectivity index (χ1v) is 7.36. The molecule has 130 valence electrons. The van der Waals surface area contributed by atoms with Gasteiger partial charge in [0.15, 0.2) is 11.9 Å². The molecule has 2 aromatic heterocycles. The van der Waals surface area contributed by atoms with Crippen LogP contribution in [0.3, 0.4) is 0 Å². The van der Waals surface area contributed by atoms with E-state index in [2.05, 4.69) is 25.0 Å². The molecule has 2 aliphatic heterocycles. The van der Waals surface area contributed by atoms with Gasteiger partial charge in [0.2, 0.25) is 6.20 Å². The summed E-state index contributed by atoms with van der Waals surface area (Å²) in [5.74, 6) is 1.32. The second-order valence-electron chi connectivity index (χ2n) is 4.97. The molecule has 0 saturated heterocycles. The van der Waals surface area contributed by atoms with Gasteiger partial charge in [0, 0.05) is 17.8 Å². The van der Waals surface area contributed by atoms with Crippen molar-refractivity contribution in [2.24, 2.45) is 10.3 Å². The molecule has 0 radical (unpaired) electrons. The molecule has 0 amide bonds. The summed E-state index contributed by atoms with van der Waals surface area (Å²) in [7, 11) is 2.99. The van der Waals surface area contributed by atoms with Crippen LogP contribution in [0.2, 0.25) is 0 Å². The van der Waals surface area contributed by atoms with Crippen LogP contribution < -0.4 is 14.2 Å². The Morgan fingerprint density at radius 3 is 2.36 bits per heavy atom. The quantitative estimate of drug-likeness (QED) is 0.455. The minimum Gasteiger partial charge on any atom is -0.619 e. The second-order valence-corrected chi connectivity index (χ2v) is 4.97. The van der Waals surface area contributed by atoms with Crippen molar-refractivity contribution in [2.45, 2.75) is 0 Å². The minimum absolute atomic E-state index is 0.354. The lowest BCUT2D eigenvalue weighted by molar-refractivity contribution is -0.605. The highest BCUT2D eigenvalue weighted by Crippen LogP contribution is 2.23. The maximum Gasteiger partial charge on any atom is 0.223 e. The molecule has 4 rings (SSSR count). The number of pyridine rings is 2. The Kier molecular flexibility index (Phi) is 4.93. The summed E-state index contributed by atoms with van der Waals surface area (Å²) < 4.78 is 11.2. The van der Waals surface area contributed by atoms with Crippen LogP contribution in [0.15, 0.2) is 47.2 Å². The van der Waals surface area contributed by atoms with Gasteiger partial charge in [0.05, 0.1) is 11.8 Å². The van der Waals surface area contributed by atoms with Gasteiger partial charge in [-0.3, -0.25) is 4.98 Å². The van der Waals surface area contributed by atoms with Crippen LogP contribution in [0.1, 0.15) is 11.1 Å². The van der Waals surface area contributed by atoms with E-state index in [1.165, 1.54) is 26.6 Å². The van der Waals surface area contributed by atoms with Gasteiger partial charge >= 0.3 is 0 Å². The van der Waals surface area contributed by atoms with Crippen LogP contribution in [0, 0.1) is 5.21 Å². The number of oxime groups is 2. The number of nitrogens with zero attached hydrogens (tertiary/aromatic N) is 4. The minimum atomic E-state index is 0.354. The zero-order valence-corrected chi connectivity index (χ0v) is 13.7. The van der Waals surface area contributed by atoms with Gasteiger partial charge in [0.1, 0.15) is 44.6 Å².